The van der Waals surface area contributed by atoms with Gasteiger partial charge in [-0.15, -0.1) is 0 Å². The number of pyridine rings is 1. The maximum atomic E-state index is 11.8. The lowest BCUT2D eigenvalue weighted by atomic mass is 9.98. The van der Waals surface area contributed by atoms with Gasteiger partial charge in [0, 0.05) is 37.2 Å². The van der Waals surface area contributed by atoms with Crippen LogP contribution in [0.5, 0.6) is 11.6 Å². The monoisotopic (exact) mass is 471 g/mol. The number of amides is 2. The van der Waals surface area contributed by atoms with Crippen LogP contribution in [0, 0.1) is 11.3 Å². The molecule has 1 saturated heterocycles. The van der Waals surface area contributed by atoms with Crippen molar-refractivity contribution in [2.24, 2.45) is 17.1 Å². The second kappa shape index (κ2) is 10.2. The molecule has 1 aliphatic heterocycles. The molecule has 2 heterocycles. The number of hydrogen-bond donors (Lipinski definition) is 1. The molecule has 1 aliphatic carbocycles. The van der Waals surface area contributed by atoms with Crippen LogP contribution in [0.15, 0.2) is 24.4 Å². The van der Waals surface area contributed by atoms with Crippen molar-refractivity contribution in [3.63, 3.8) is 0 Å². The number of methoxy groups -OCH3 is 1. The van der Waals surface area contributed by atoms with E-state index in [1.165, 1.54) is 0 Å². The van der Waals surface area contributed by atoms with Crippen LogP contribution in [0.3, 0.4) is 0 Å². The Morgan fingerprint density at radius 2 is 2.06 bits per heavy atom. The summed E-state index contributed by atoms with van der Waals surface area (Å²) in [5.41, 5.74) is 5.94. The molecule has 2 N–H and O–H groups in total. The first-order chi connectivity index (χ1) is 16.0. The molecule has 2 unspecified atom stereocenters. The molecule has 0 radical (unpaired) electrons. The van der Waals surface area contributed by atoms with E-state index in [-0.39, 0.29) is 17.1 Å². The zero-order valence-electron chi connectivity index (χ0n) is 21.1. The summed E-state index contributed by atoms with van der Waals surface area (Å²) in [7, 11) is 1.71. The predicted octanol–water partition coefficient (Wildman–Crippen LogP) is 3.80. The number of nitrogens with two attached hydrogens (primary N) is 1. The first-order valence-electron chi connectivity index (χ1n) is 11.7. The Balaban J connectivity index is 0.000000481. The molecule has 4 rings (SSSR count). The molecule has 2 aromatic rings. The normalized spacial score (nSPS) is 21.4. The van der Waals surface area contributed by atoms with Gasteiger partial charge in [-0.1, -0.05) is 0 Å². The number of ether oxygens (including phenoxy) is 3. The molecule has 0 spiro atoms. The van der Waals surface area contributed by atoms with E-state index in [9.17, 15) is 9.59 Å². The molecule has 34 heavy (non-hydrogen) atoms. The van der Waals surface area contributed by atoms with Crippen LogP contribution in [0.2, 0.25) is 0 Å². The summed E-state index contributed by atoms with van der Waals surface area (Å²) in [4.78, 5) is 29.2. The third-order valence-corrected chi connectivity index (χ3v) is 6.36. The molecule has 1 aromatic heterocycles. The average molecular weight is 472 g/mol. The van der Waals surface area contributed by atoms with Crippen LogP contribution in [0.1, 0.15) is 57.8 Å². The lowest BCUT2D eigenvalue weighted by molar-refractivity contribution is -0.120. The van der Waals surface area contributed by atoms with E-state index in [4.69, 9.17) is 19.9 Å². The van der Waals surface area contributed by atoms with Crippen molar-refractivity contribution in [2.75, 3.05) is 26.8 Å². The Hall–Kier alpha value is -2.87. The Morgan fingerprint density at radius 1 is 1.35 bits per heavy atom. The summed E-state index contributed by atoms with van der Waals surface area (Å²) >= 11 is 0. The SMILES string of the molecule is CC(C)Oc1cc2c(OCC34CC3CCN(C=O)C4)nccc2cc1C(N)=O.COC(C)(C)C. The zero-order valence-corrected chi connectivity index (χ0v) is 21.1. The number of piperidine rings is 1. The topological polar surface area (TPSA) is 104 Å². The number of hydrogen-bond acceptors (Lipinski definition) is 6. The molecule has 0 bridgehead atoms. The van der Waals surface area contributed by atoms with Crippen molar-refractivity contribution in [3.8, 4) is 11.6 Å². The summed E-state index contributed by atoms with van der Waals surface area (Å²) < 4.78 is 16.9. The minimum atomic E-state index is -0.535. The highest BCUT2D eigenvalue weighted by molar-refractivity contribution is 6.01. The molecular weight excluding hydrogens is 434 g/mol. The lowest BCUT2D eigenvalue weighted by Gasteiger charge is -2.29. The lowest BCUT2D eigenvalue weighted by Crippen LogP contribution is -2.38. The van der Waals surface area contributed by atoms with Crippen molar-refractivity contribution in [2.45, 2.75) is 59.2 Å². The van der Waals surface area contributed by atoms with E-state index in [1.807, 2.05) is 45.6 Å². The highest BCUT2D eigenvalue weighted by Crippen LogP contribution is 2.57. The highest BCUT2D eigenvalue weighted by Gasteiger charge is 2.57. The molecule has 1 saturated carbocycles. The van der Waals surface area contributed by atoms with Gasteiger partial charge in [-0.25, -0.2) is 4.98 Å². The fraction of sp³-hybridized carbons (Fsp3) is 0.577. The number of benzene rings is 1. The van der Waals surface area contributed by atoms with Crippen LogP contribution >= 0.6 is 0 Å². The van der Waals surface area contributed by atoms with Gasteiger partial charge in [0.05, 0.1) is 23.9 Å². The van der Waals surface area contributed by atoms with Crippen molar-refractivity contribution >= 4 is 23.1 Å². The quantitative estimate of drug-likeness (QED) is 0.616. The fourth-order valence-corrected chi connectivity index (χ4v) is 4.20. The van der Waals surface area contributed by atoms with Gasteiger partial charge in [-0.2, -0.15) is 0 Å². The van der Waals surface area contributed by atoms with Crippen LogP contribution in [-0.2, 0) is 9.53 Å². The van der Waals surface area contributed by atoms with E-state index in [1.54, 1.807) is 25.4 Å². The highest BCUT2D eigenvalue weighted by atomic mass is 16.5. The molecule has 186 valence electrons. The van der Waals surface area contributed by atoms with Gasteiger partial charge in [0.25, 0.3) is 5.91 Å². The van der Waals surface area contributed by atoms with Gasteiger partial charge < -0.3 is 24.8 Å². The smallest absolute Gasteiger partial charge is 0.252 e. The Morgan fingerprint density at radius 3 is 2.65 bits per heavy atom. The number of carbonyl (C=O) groups is 2. The summed E-state index contributed by atoms with van der Waals surface area (Å²) in [5, 5.41) is 1.60. The molecule has 8 nitrogen and oxygen atoms in total. The van der Waals surface area contributed by atoms with Crippen molar-refractivity contribution in [3.05, 3.63) is 30.0 Å². The number of carbonyl (C=O) groups excluding carboxylic acids is 2. The standard InChI is InChI=1S/C21H25N3O4.C5H12O/c1-13(2)28-18-8-16-14(7-17(18)19(22)26)3-5-23-20(16)27-11-21-9-15(21)4-6-24(10-21)12-25;1-5(2,3)6-4/h3,5,7-8,12-13,15H,4,6,9-11H2,1-2H3,(H2,22,26);1-4H3. The maximum Gasteiger partial charge on any atom is 0.252 e. The average Bonchev–Trinajstić information content (AvgIpc) is 3.50. The molecule has 2 aliphatic rings. The van der Waals surface area contributed by atoms with Gasteiger partial charge >= 0.3 is 0 Å². The molecule has 2 fully saturated rings. The number of likely N-dealkylation sites (tertiary alicyclic amines) is 1. The largest absolute Gasteiger partial charge is 0.490 e. The third kappa shape index (κ3) is 6.17. The van der Waals surface area contributed by atoms with Gasteiger partial charge in [0.15, 0.2) is 0 Å². The number of primary amides is 1. The second-order valence-electron chi connectivity index (χ2n) is 10.4. The van der Waals surface area contributed by atoms with Crippen LogP contribution < -0.4 is 15.2 Å². The van der Waals surface area contributed by atoms with E-state index in [0.717, 1.165) is 43.1 Å². The number of rotatable bonds is 7. The molecule has 1 aromatic carbocycles. The Labute approximate surface area is 201 Å². The van der Waals surface area contributed by atoms with Crippen molar-refractivity contribution in [1.82, 2.24) is 9.88 Å². The number of fused-ring (bicyclic) bond motifs is 2. The molecule has 2 atom stereocenters. The fourth-order valence-electron chi connectivity index (χ4n) is 4.20. The first-order valence-corrected chi connectivity index (χ1v) is 11.7. The van der Waals surface area contributed by atoms with Gasteiger partial charge in [-0.05, 0) is 77.0 Å². The van der Waals surface area contributed by atoms with E-state index >= 15 is 0 Å². The Kier molecular flexibility index (Phi) is 7.70. The van der Waals surface area contributed by atoms with Gasteiger partial charge in [0.1, 0.15) is 5.75 Å². The molecule has 2 amide bonds. The minimum absolute atomic E-state index is 0.0352. The predicted molar refractivity (Wildman–Crippen MR) is 131 cm³/mol. The van der Waals surface area contributed by atoms with E-state index in [0.29, 0.717) is 29.7 Å². The third-order valence-electron chi connectivity index (χ3n) is 6.36. The van der Waals surface area contributed by atoms with E-state index < -0.39 is 5.91 Å². The summed E-state index contributed by atoms with van der Waals surface area (Å²) in [6.45, 7) is 11.9. The van der Waals surface area contributed by atoms with Gasteiger partial charge in [-0.3, -0.25) is 9.59 Å². The number of nitrogens with zero attached hydrogens (tertiary/aromatic N) is 2. The minimum Gasteiger partial charge on any atom is -0.490 e. The summed E-state index contributed by atoms with van der Waals surface area (Å²) in [5.74, 6) is 1.01. The van der Waals surface area contributed by atoms with Crippen molar-refractivity contribution in [1.29, 1.82) is 0 Å². The zero-order chi connectivity index (χ0) is 25.1. The summed E-state index contributed by atoms with van der Waals surface area (Å²) in [6.07, 6.45) is 4.59. The van der Waals surface area contributed by atoms with Crippen molar-refractivity contribution < 1.29 is 23.8 Å². The molecule has 8 heteroatoms. The second-order valence-corrected chi connectivity index (χ2v) is 10.4. The Bertz CT molecular complexity index is 1030. The van der Waals surface area contributed by atoms with Crippen LogP contribution in [0.4, 0.5) is 0 Å². The maximum absolute atomic E-state index is 11.8. The van der Waals surface area contributed by atoms with Gasteiger partial charge in [0.2, 0.25) is 12.3 Å². The first kappa shape index (κ1) is 25.7. The number of aromatic nitrogens is 1. The van der Waals surface area contributed by atoms with E-state index in [2.05, 4.69) is 4.98 Å². The van der Waals surface area contributed by atoms with Crippen LogP contribution in [-0.4, -0.2) is 60.7 Å². The summed E-state index contributed by atoms with van der Waals surface area (Å²) in [6, 6.07) is 5.32. The molecular formula is C26H37N3O5. The van der Waals surface area contributed by atoms with Crippen LogP contribution in [0.25, 0.3) is 10.8 Å².